The Morgan fingerprint density at radius 2 is 1.89 bits per heavy atom. The van der Waals surface area contributed by atoms with Gasteiger partial charge in [-0.1, -0.05) is 12.8 Å². The summed E-state index contributed by atoms with van der Waals surface area (Å²) in [5.74, 6) is 0.602. The fraction of sp³-hybridized carbons (Fsp3) is 0.600. The number of nitrogen functional groups attached to an aromatic ring is 1. The van der Waals surface area contributed by atoms with Crippen molar-refractivity contribution in [1.29, 1.82) is 0 Å². The summed E-state index contributed by atoms with van der Waals surface area (Å²) < 4.78 is 14.1. The Morgan fingerprint density at radius 3 is 2.72 bits per heavy atom. The molecule has 1 saturated heterocycles. The molecule has 3 rings (SSSR count). The van der Waals surface area contributed by atoms with E-state index in [1.165, 1.54) is 44.6 Å². The van der Waals surface area contributed by atoms with E-state index in [-0.39, 0.29) is 5.82 Å². The molecule has 98 valence electrons. The first-order valence-electron chi connectivity index (χ1n) is 7.07. The van der Waals surface area contributed by atoms with Crippen LogP contribution in [0.5, 0.6) is 0 Å². The molecule has 3 heteroatoms. The number of nitrogens with zero attached hydrogens (tertiary/aromatic N) is 1. The van der Waals surface area contributed by atoms with Crippen LogP contribution < -0.4 is 10.6 Å². The summed E-state index contributed by atoms with van der Waals surface area (Å²) in [6, 6.07) is 5.65. The number of rotatable bonds is 1. The SMILES string of the molecule is Nc1ccc(N2CCC[C@H]3CCCC[C@H]32)c(F)c1. The maximum atomic E-state index is 14.1. The zero-order chi connectivity index (χ0) is 12.5. The summed E-state index contributed by atoms with van der Waals surface area (Å²) in [7, 11) is 0. The quantitative estimate of drug-likeness (QED) is 0.770. The summed E-state index contributed by atoms with van der Waals surface area (Å²) in [6.07, 6.45) is 7.67. The third-order valence-electron chi connectivity index (χ3n) is 4.52. The third-order valence-corrected chi connectivity index (χ3v) is 4.52. The standard InChI is InChI=1S/C15H21FN2/c16-13-10-12(17)7-8-15(13)18-9-3-5-11-4-1-2-6-14(11)18/h7-8,10-11,14H,1-6,9,17H2/t11-,14-/m1/s1. The Morgan fingerprint density at radius 1 is 1.11 bits per heavy atom. The third kappa shape index (κ3) is 2.06. The van der Waals surface area contributed by atoms with Gasteiger partial charge < -0.3 is 10.6 Å². The van der Waals surface area contributed by atoms with Gasteiger partial charge in [-0.2, -0.15) is 0 Å². The summed E-state index contributed by atoms with van der Waals surface area (Å²) in [5, 5.41) is 0. The molecule has 1 heterocycles. The molecule has 1 aliphatic carbocycles. The zero-order valence-corrected chi connectivity index (χ0v) is 10.7. The highest BCUT2D eigenvalue weighted by Gasteiger charge is 2.34. The van der Waals surface area contributed by atoms with E-state index in [1.807, 2.05) is 12.1 Å². The van der Waals surface area contributed by atoms with Gasteiger partial charge in [0.05, 0.1) is 5.69 Å². The minimum absolute atomic E-state index is 0.166. The van der Waals surface area contributed by atoms with Crippen molar-refractivity contribution < 1.29 is 4.39 Å². The van der Waals surface area contributed by atoms with Gasteiger partial charge in [-0.15, -0.1) is 0 Å². The molecule has 1 aliphatic heterocycles. The predicted molar refractivity (Wildman–Crippen MR) is 73.1 cm³/mol. The molecule has 1 saturated carbocycles. The number of hydrogen-bond donors (Lipinski definition) is 1. The van der Waals surface area contributed by atoms with Gasteiger partial charge in [-0.3, -0.25) is 0 Å². The Balaban J connectivity index is 1.89. The maximum absolute atomic E-state index is 14.1. The highest BCUT2D eigenvalue weighted by molar-refractivity contribution is 5.55. The number of piperidine rings is 1. The summed E-state index contributed by atoms with van der Waals surface area (Å²) >= 11 is 0. The van der Waals surface area contributed by atoms with Crippen LogP contribution in [-0.4, -0.2) is 12.6 Å². The molecule has 1 aromatic carbocycles. The van der Waals surface area contributed by atoms with Crippen molar-refractivity contribution in [2.45, 2.75) is 44.6 Å². The molecule has 1 aromatic rings. The first kappa shape index (κ1) is 11.8. The second-order valence-corrected chi connectivity index (χ2v) is 5.66. The second kappa shape index (κ2) is 4.79. The van der Waals surface area contributed by atoms with Gasteiger partial charge in [0.15, 0.2) is 0 Å². The van der Waals surface area contributed by atoms with E-state index in [4.69, 9.17) is 5.73 Å². The van der Waals surface area contributed by atoms with Crippen LogP contribution in [-0.2, 0) is 0 Å². The minimum atomic E-state index is -0.166. The van der Waals surface area contributed by atoms with E-state index >= 15 is 0 Å². The number of halogens is 1. The molecule has 2 nitrogen and oxygen atoms in total. The predicted octanol–water partition coefficient (Wildman–Crippen LogP) is 3.57. The summed E-state index contributed by atoms with van der Waals surface area (Å²) in [5.41, 5.74) is 6.89. The molecule has 2 fully saturated rings. The molecule has 2 aliphatic rings. The lowest BCUT2D eigenvalue weighted by Gasteiger charge is -2.45. The lowest BCUT2D eigenvalue weighted by atomic mass is 9.78. The van der Waals surface area contributed by atoms with Crippen LogP contribution in [0.3, 0.4) is 0 Å². The van der Waals surface area contributed by atoms with Crippen molar-refractivity contribution in [2.24, 2.45) is 5.92 Å². The molecule has 2 atom stereocenters. The Labute approximate surface area is 108 Å². The lowest BCUT2D eigenvalue weighted by Crippen LogP contribution is -2.47. The van der Waals surface area contributed by atoms with Gasteiger partial charge >= 0.3 is 0 Å². The number of benzene rings is 1. The van der Waals surface area contributed by atoms with Crippen LogP contribution >= 0.6 is 0 Å². The molecule has 2 N–H and O–H groups in total. The molecule has 18 heavy (non-hydrogen) atoms. The minimum Gasteiger partial charge on any atom is -0.399 e. The lowest BCUT2D eigenvalue weighted by molar-refractivity contribution is 0.242. The first-order chi connectivity index (χ1) is 8.75. The monoisotopic (exact) mass is 248 g/mol. The average molecular weight is 248 g/mol. The van der Waals surface area contributed by atoms with E-state index < -0.39 is 0 Å². The largest absolute Gasteiger partial charge is 0.399 e. The Hall–Kier alpha value is -1.25. The van der Waals surface area contributed by atoms with Crippen molar-refractivity contribution >= 4 is 11.4 Å². The van der Waals surface area contributed by atoms with Crippen molar-refractivity contribution in [2.75, 3.05) is 17.2 Å². The van der Waals surface area contributed by atoms with E-state index in [9.17, 15) is 4.39 Å². The topological polar surface area (TPSA) is 29.3 Å². The van der Waals surface area contributed by atoms with Crippen LogP contribution in [0.25, 0.3) is 0 Å². The molecule has 0 radical (unpaired) electrons. The van der Waals surface area contributed by atoms with Crippen LogP contribution in [0.1, 0.15) is 38.5 Å². The van der Waals surface area contributed by atoms with E-state index in [1.54, 1.807) is 0 Å². The van der Waals surface area contributed by atoms with E-state index in [0.29, 0.717) is 11.7 Å². The van der Waals surface area contributed by atoms with Crippen LogP contribution in [0.4, 0.5) is 15.8 Å². The van der Waals surface area contributed by atoms with Crippen LogP contribution in [0.15, 0.2) is 18.2 Å². The van der Waals surface area contributed by atoms with Crippen molar-refractivity contribution in [3.63, 3.8) is 0 Å². The van der Waals surface area contributed by atoms with Crippen molar-refractivity contribution in [3.8, 4) is 0 Å². The van der Waals surface area contributed by atoms with Gasteiger partial charge in [0, 0.05) is 18.3 Å². The normalized spacial score (nSPS) is 27.9. The second-order valence-electron chi connectivity index (χ2n) is 5.66. The van der Waals surface area contributed by atoms with Crippen LogP contribution in [0.2, 0.25) is 0 Å². The van der Waals surface area contributed by atoms with Crippen molar-refractivity contribution in [3.05, 3.63) is 24.0 Å². The molecule has 0 amide bonds. The van der Waals surface area contributed by atoms with Crippen molar-refractivity contribution in [1.82, 2.24) is 0 Å². The fourth-order valence-corrected chi connectivity index (χ4v) is 3.68. The smallest absolute Gasteiger partial charge is 0.148 e. The van der Waals surface area contributed by atoms with E-state index in [0.717, 1.165) is 18.2 Å². The maximum Gasteiger partial charge on any atom is 0.148 e. The molecule has 0 spiro atoms. The number of hydrogen-bond acceptors (Lipinski definition) is 2. The summed E-state index contributed by atoms with van der Waals surface area (Å²) in [4.78, 5) is 2.29. The number of fused-ring (bicyclic) bond motifs is 1. The Kier molecular flexibility index (Phi) is 3.14. The Bertz CT molecular complexity index is 431. The zero-order valence-electron chi connectivity index (χ0n) is 10.7. The first-order valence-corrected chi connectivity index (χ1v) is 7.07. The van der Waals surface area contributed by atoms with Gasteiger partial charge in [-0.05, 0) is 49.8 Å². The van der Waals surface area contributed by atoms with Gasteiger partial charge in [0.2, 0.25) is 0 Å². The number of nitrogens with two attached hydrogens (primary N) is 1. The number of anilines is 2. The molecule has 0 bridgehead atoms. The fourth-order valence-electron chi connectivity index (χ4n) is 3.68. The molecular weight excluding hydrogens is 227 g/mol. The van der Waals surface area contributed by atoms with Gasteiger partial charge in [0.25, 0.3) is 0 Å². The van der Waals surface area contributed by atoms with Crippen LogP contribution in [0, 0.1) is 11.7 Å². The highest BCUT2D eigenvalue weighted by atomic mass is 19.1. The van der Waals surface area contributed by atoms with E-state index in [2.05, 4.69) is 4.90 Å². The molecule has 0 aromatic heterocycles. The molecular formula is C15H21FN2. The van der Waals surface area contributed by atoms with Gasteiger partial charge in [-0.25, -0.2) is 4.39 Å². The average Bonchev–Trinajstić information content (AvgIpc) is 2.38. The summed E-state index contributed by atoms with van der Waals surface area (Å²) in [6.45, 7) is 0.988. The highest BCUT2D eigenvalue weighted by Crippen LogP contribution is 2.38. The molecule has 0 unspecified atom stereocenters. The van der Waals surface area contributed by atoms with Gasteiger partial charge in [0.1, 0.15) is 5.82 Å².